The molecule has 0 aliphatic heterocycles. The third-order valence-electron chi connectivity index (χ3n) is 6.23. The van der Waals surface area contributed by atoms with Crippen molar-refractivity contribution in [3.8, 4) is 16.7 Å². The number of rotatable bonds is 9. The van der Waals surface area contributed by atoms with Crippen molar-refractivity contribution in [3.05, 3.63) is 31.0 Å². The molecule has 0 spiro atoms. The van der Waals surface area contributed by atoms with Gasteiger partial charge in [0.2, 0.25) is 0 Å². The van der Waals surface area contributed by atoms with Crippen molar-refractivity contribution in [2.45, 2.75) is 64.1 Å². The van der Waals surface area contributed by atoms with Gasteiger partial charge < -0.3 is 9.30 Å². The van der Waals surface area contributed by atoms with Crippen molar-refractivity contribution in [3.63, 3.8) is 0 Å². The van der Waals surface area contributed by atoms with E-state index in [0.717, 1.165) is 66.4 Å². The predicted octanol–water partition coefficient (Wildman–Crippen LogP) is 5.55. The summed E-state index contributed by atoms with van der Waals surface area (Å²) < 4.78 is 10.1. The Morgan fingerprint density at radius 1 is 1.22 bits per heavy atom. The number of thiocyanates is 1. The smallest absolute Gasteiger partial charge is 0.145 e. The Labute approximate surface area is 195 Å². The van der Waals surface area contributed by atoms with Crippen LogP contribution in [-0.4, -0.2) is 44.7 Å². The fourth-order valence-corrected chi connectivity index (χ4v) is 5.67. The van der Waals surface area contributed by atoms with E-state index in [2.05, 4.69) is 61.6 Å². The average Bonchev–Trinajstić information content (AvgIpc) is 3.42. The van der Waals surface area contributed by atoms with Gasteiger partial charge in [-0.3, -0.25) is 4.68 Å². The summed E-state index contributed by atoms with van der Waals surface area (Å²) in [5.41, 5.74) is 2.84. The molecule has 0 aromatic carbocycles. The van der Waals surface area contributed by atoms with Crippen LogP contribution in [0.15, 0.2) is 31.0 Å². The number of hydrogen-bond acceptors (Lipinski definition) is 6. The van der Waals surface area contributed by atoms with Crippen LogP contribution in [0.5, 0.6) is 0 Å². The number of nitrogens with zero attached hydrogens (tertiary/aromatic N) is 6. The molecule has 7 nitrogen and oxygen atoms in total. The van der Waals surface area contributed by atoms with Gasteiger partial charge in [-0.05, 0) is 55.5 Å². The van der Waals surface area contributed by atoms with E-state index in [1.807, 2.05) is 12.4 Å². The van der Waals surface area contributed by atoms with Gasteiger partial charge >= 0.3 is 0 Å². The Morgan fingerprint density at radius 3 is 2.78 bits per heavy atom. The second-order valence-electron chi connectivity index (χ2n) is 9.88. The second kappa shape index (κ2) is 10.2. The summed E-state index contributed by atoms with van der Waals surface area (Å²) in [4.78, 5) is 9.09. The Balaban J connectivity index is 1.43. The molecule has 0 saturated heterocycles. The third-order valence-corrected chi connectivity index (χ3v) is 8.70. The first kappa shape index (κ1) is 23.0. The zero-order chi connectivity index (χ0) is 22.6. The zero-order valence-electron chi connectivity index (χ0n) is 19.2. The van der Waals surface area contributed by atoms with Crippen molar-refractivity contribution >= 4 is 30.9 Å². The van der Waals surface area contributed by atoms with Crippen molar-refractivity contribution in [1.82, 2.24) is 24.3 Å². The predicted molar refractivity (Wildman–Crippen MR) is 132 cm³/mol. The molecule has 32 heavy (non-hydrogen) atoms. The van der Waals surface area contributed by atoms with Crippen LogP contribution in [0, 0.1) is 16.6 Å². The lowest BCUT2D eigenvalue weighted by atomic mass is 9.87. The molecule has 3 aromatic heterocycles. The molecule has 0 N–H and O–H groups in total. The Hall–Kier alpha value is -2.15. The second-order valence-corrected chi connectivity index (χ2v) is 16.3. The molecule has 3 heterocycles. The monoisotopic (exact) mass is 468 g/mol. The molecule has 1 saturated carbocycles. The van der Waals surface area contributed by atoms with Gasteiger partial charge in [0.05, 0.1) is 17.9 Å². The van der Waals surface area contributed by atoms with E-state index in [0.29, 0.717) is 18.7 Å². The lowest BCUT2D eigenvalue weighted by Crippen LogP contribution is -2.22. The van der Waals surface area contributed by atoms with Gasteiger partial charge in [0.15, 0.2) is 0 Å². The van der Waals surface area contributed by atoms with Crippen LogP contribution < -0.4 is 0 Å². The molecule has 0 atom stereocenters. The molecule has 170 valence electrons. The largest absolute Gasteiger partial charge is 0.361 e. The van der Waals surface area contributed by atoms with Crippen molar-refractivity contribution in [1.29, 1.82) is 5.26 Å². The van der Waals surface area contributed by atoms with Crippen LogP contribution in [0.4, 0.5) is 0 Å². The first-order valence-corrected chi connectivity index (χ1v) is 16.1. The molecule has 3 aromatic rings. The fraction of sp³-hybridized carbons (Fsp3) is 0.565. The van der Waals surface area contributed by atoms with E-state index in [9.17, 15) is 0 Å². The van der Waals surface area contributed by atoms with E-state index in [1.54, 1.807) is 6.33 Å². The molecular weight excluding hydrogens is 436 g/mol. The van der Waals surface area contributed by atoms with Gasteiger partial charge in [-0.1, -0.05) is 19.6 Å². The zero-order valence-corrected chi connectivity index (χ0v) is 21.0. The van der Waals surface area contributed by atoms with Gasteiger partial charge in [0, 0.05) is 43.8 Å². The van der Waals surface area contributed by atoms with E-state index >= 15 is 0 Å². The summed E-state index contributed by atoms with van der Waals surface area (Å²) in [5, 5.41) is 16.7. The molecular formula is C23H32N6OSSi. The van der Waals surface area contributed by atoms with E-state index < -0.39 is 8.07 Å². The lowest BCUT2D eigenvalue weighted by Gasteiger charge is -2.27. The van der Waals surface area contributed by atoms with Crippen LogP contribution in [-0.2, 0) is 11.5 Å². The molecule has 1 aliphatic carbocycles. The SMILES string of the molecule is C[Si](C)(C)CCOCn1ccc2c(-c3cnn(C4CCC(CSC#N)CC4)c3)ncnc21. The van der Waals surface area contributed by atoms with Crippen LogP contribution in [0.3, 0.4) is 0 Å². The van der Waals surface area contributed by atoms with Gasteiger partial charge in [-0.2, -0.15) is 10.4 Å². The Bertz CT molecular complexity index is 1070. The number of ether oxygens (including phenoxy) is 1. The molecule has 4 rings (SSSR count). The maximum absolute atomic E-state index is 8.78. The van der Waals surface area contributed by atoms with Gasteiger partial charge in [0.25, 0.3) is 0 Å². The van der Waals surface area contributed by atoms with Gasteiger partial charge in [-0.15, -0.1) is 0 Å². The first-order chi connectivity index (χ1) is 15.4. The minimum absolute atomic E-state index is 0.425. The minimum atomic E-state index is -1.09. The molecule has 0 radical (unpaired) electrons. The maximum atomic E-state index is 8.78. The molecule has 1 aliphatic rings. The highest BCUT2D eigenvalue weighted by Crippen LogP contribution is 2.34. The lowest BCUT2D eigenvalue weighted by molar-refractivity contribution is 0.0899. The maximum Gasteiger partial charge on any atom is 0.145 e. The highest BCUT2D eigenvalue weighted by Gasteiger charge is 2.23. The van der Waals surface area contributed by atoms with Crippen LogP contribution in [0.2, 0.25) is 25.7 Å². The van der Waals surface area contributed by atoms with E-state index in [-0.39, 0.29) is 0 Å². The molecule has 1 fully saturated rings. The third kappa shape index (κ3) is 5.60. The number of hydrogen-bond donors (Lipinski definition) is 0. The average molecular weight is 469 g/mol. The van der Waals surface area contributed by atoms with Crippen LogP contribution in [0.25, 0.3) is 22.3 Å². The number of nitriles is 1. The van der Waals surface area contributed by atoms with Crippen molar-refractivity contribution in [2.24, 2.45) is 5.92 Å². The van der Waals surface area contributed by atoms with Crippen LogP contribution >= 0.6 is 11.8 Å². The number of thioether (sulfide) groups is 1. The van der Waals surface area contributed by atoms with E-state index in [1.165, 1.54) is 11.8 Å². The topological polar surface area (TPSA) is 81.5 Å². The van der Waals surface area contributed by atoms with Gasteiger partial charge in [-0.25, -0.2) is 9.97 Å². The molecule has 9 heteroatoms. The number of aromatic nitrogens is 5. The quantitative estimate of drug-likeness (QED) is 0.232. The summed E-state index contributed by atoms with van der Waals surface area (Å²) in [6, 6.07) is 3.65. The standard InChI is InChI=1S/C23H32N6OSSi/c1-32(2,3)11-10-30-17-28-9-8-21-22(25-16-26-23(21)28)19-12-27-29(13-19)20-6-4-18(5-7-20)14-31-15-24/h8-9,12-13,16,18,20H,4-7,10-11,14,17H2,1-3H3. The summed E-state index contributed by atoms with van der Waals surface area (Å²) in [7, 11) is -1.09. The first-order valence-electron chi connectivity index (χ1n) is 11.4. The number of fused-ring (bicyclic) bond motifs is 1. The molecule has 0 unspecified atom stereocenters. The van der Waals surface area contributed by atoms with Crippen LogP contribution in [0.1, 0.15) is 31.7 Å². The van der Waals surface area contributed by atoms with Gasteiger partial charge in [0.1, 0.15) is 24.1 Å². The normalized spacial score (nSPS) is 19.3. The summed E-state index contributed by atoms with van der Waals surface area (Å²) in [6.45, 7) is 8.39. The highest BCUT2D eigenvalue weighted by atomic mass is 32.2. The molecule has 0 bridgehead atoms. The Morgan fingerprint density at radius 2 is 2.03 bits per heavy atom. The fourth-order valence-electron chi connectivity index (χ4n) is 4.27. The van der Waals surface area contributed by atoms with Crippen molar-refractivity contribution < 1.29 is 4.74 Å². The van der Waals surface area contributed by atoms with Crippen molar-refractivity contribution in [2.75, 3.05) is 12.4 Å². The highest BCUT2D eigenvalue weighted by molar-refractivity contribution is 8.03. The Kier molecular flexibility index (Phi) is 7.33. The molecule has 0 amide bonds. The summed E-state index contributed by atoms with van der Waals surface area (Å²) >= 11 is 1.38. The summed E-state index contributed by atoms with van der Waals surface area (Å²) in [5.74, 6) is 1.60. The summed E-state index contributed by atoms with van der Waals surface area (Å²) in [6.07, 6.45) is 12.2. The minimum Gasteiger partial charge on any atom is -0.361 e. The van der Waals surface area contributed by atoms with E-state index in [4.69, 9.17) is 10.00 Å².